The van der Waals surface area contributed by atoms with Crippen molar-refractivity contribution in [2.75, 3.05) is 13.1 Å². The van der Waals surface area contributed by atoms with Crippen LogP contribution in [-0.2, 0) is 17.6 Å². The number of nitrogens with zero attached hydrogens (tertiary/aromatic N) is 2. The molecule has 3 aromatic rings. The quantitative estimate of drug-likeness (QED) is 0.374. The normalized spacial score (nSPS) is 15.8. The highest BCUT2D eigenvalue weighted by molar-refractivity contribution is 7.14. The zero-order valence-electron chi connectivity index (χ0n) is 19.8. The SMILES string of the molecule is CC(C)N1CCCc2ccsc2-c2ccc(n2C(=O)OC(C)(C)C)-c2sccc2CCC1. The monoisotopic (exact) mass is 470 g/mol. The molecular weight excluding hydrogens is 436 g/mol. The Balaban J connectivity index is 1.82. The molecule has 0 saturated heterocycles. The molecule has 4 heterocycles. The number of ether oxygens (including phenoxy) is 1. The van der Waals surface area contributed by atoms with Crippen molar-refractivity contribution in [2.45, 2.75) is 71.9 Å². The molecule has 0 aliphatic carbocycles. The van der Waals surface area contributed by atoms with Gasteiger partial charge in [-0.2, -0.15) is 0 Å². The molecule has 4 rings (SSSR count). The molecule has 0 spiro atoms. The van der Waals surface area contributed by atoms with Crippen LogP contribution in [0.15, 0.2) is 35.0 Å². The number of aryl methyl sites for hydroxylation is 2. The van der Waals surface area contributed by atoms with Gasteiger partial charge in [-0.3, -0.25) is 0 Å². The summed E-state index contributed by atoms with van der Waals surface area (Å²) in [5.41, 5.74) is 3.97. The largest absolute Gasteiger partial charge is 0.443 e. The van der Waals surface area contributed by atoms with Gasteiger partial charge in [0.2, 0.25) is 0 Å². The number of rotatable bonds is 1. The molecule has 0 radical (unpaired) electrons. The topological polar surface area (TPSA) is 34.5 Å². The average molecular weight is 471 g/mol. The average Bonchev–Trinajstić information content (AvgIpc) is 3.43. The van der Waals surface area contributed by atoms with Crippen molar-refractivity contribution < 1.29 is 9.53 Å². The summed E-state index contributed by atoms with van der Waals surface area (Å²) < 4.78 is 7.67. The van der Waals surface area contributed by atoms with Crippen LogP contribution in [0.25, 0.3) is 21.1 Å². The molecule has 0 atom stereocenters. The van der Waals surface area contributed by atoms with Crippen molar-refractivity contribution in [1.29, 1.82) is 0 Å². The van der Waals surface area contributed by atoms with E-state index in [9.17, 15) is 4.79 Å². The lowest BCUT2D eigenvalue weighted by Crippen LogP contribution is -2.33. The molecule has 32 heavy (non-hydrogen) atoms. The van der Waals surface area contributed by atoms with Crippen LogP contribution in [0.5, 0.6) is 0 Å². The molecule has 0 fully saturated rings. The van der Waals surface area contributed by atoms with Crippen LogP contribution in [0.4, 0.5) is 4.79 Å². The predicted molar refractivity (Wildman–Crippen MR) is 136 cm³/mol. The van der Waals surface area contributed by atoms with Gasteiger partial charge >= 0.3 is 6.09 Å². The van der Waals surface area contributed by atoms with Crippen molar-refractivity contribution in [3.05, 3.63) is 46.2 Å². The number of thiophene rings is 2. The molecule has 1 aliphatic heterocycles. The lowest BCUT2D eigenvalue weighted by Gasteiger charge is -2.27. The lowest BCUT2D eigenvalue weighted by molar-refractivity contribution is 0.0543. The molecule has 6 heteroatoms. The van der Waals surface area contributed by atoms with Gasteiger partial charge in [-0.25, -0.2) is 9.36 Å². The van der Waals surface area contributed by atoms with Gasteiger partial charge in [0.1, 0.15) is 5.60 Å². The highest BCUT2D eigenvalue weighted by Gasteiger charge is 2.26. The highest BCUT2D eigenvalue weighted by atomic mass is 32.1. The van der Waals surface area contributed by atoms with Gasteiger partial charge in [0.15, 0.2) is 0 Å². The first kappa shape index (κ1) is 23.3. The first-order chi connectivity index (χ1) is 15.2. The maximum atomic E-state index is 13.4. The maximum absolute atomic E-state index is 13.4. The number of carbonyl (C=O) groups is 1. The van der Waals surface area contributed by atoms with E-state index in [4.69, 9.17) is 4.74 Å². The molecule has 4 nitrogen and oxygen atoms in total. The van der Waals surface area contributed by atoms with Gasteiger partial charge in [0.05, 0.1) is 21.1 Å². The fourth-order valence-corrected chi connectivity index (χ4v) is 6.32. The first-order valence-corrected chi connectivity index (χ1v) is 13.3. The van der Waals surface area contributed by atoms with Crippen LogP contribution < -0.4 is 0 Å². The van der Waals surface area contributed by atoms with Gasteiger partial charge in [-0.15, -0.1) is 22.7 Å². The van der Waals surface area contributed by atoms with Gasteiger partial charge in [-0.1, -0.05) is 0 Å². The molecule has 172 valence electrons. The zero-order valence-corrected chi connectivity index (χ0v) is 21.4. The Morgan fingerprint density at radius 1 is 0.906 bits per heavy atom. The molecule has 0 N–H and O–H groups in total. The summed E-state index contributed by atoms with van der Waals surface area (Å²) in [7, 11) is 0. The summed E-state index contributed by atoms with van der Waals surface area (Å²) in [6.45, 7) is 12.6. The second kappa shape index (κ2) is 9.54. The van der Waals surface area contributed by atoms with Crippen molar-refractivity contribution in [2.24, 2.45) is 0 Å². The fraction of sp³-hybridized carbons (Fsp3) is 0.500. The molecule has 0 amide bonds. The van der Waals surface area contributed by atoms with E-state index < -0.39 is 5.60 Å². The maximum Gasteiger partial charge on any atom is 0.419 e. The molecule has 2 bridgehead atoms. The van der Waals surface area contributed by atoms with E-state index in [0.29, 0.717) is 6.04 Å². The lowest BCUT2D eigenvalue weighted by atomic mass is 10.1. The smallest absolute Gasteiger partial charge is 0.419 e. The number of carbonyl (C=O) groups excluding carboxylic acids is 1. The van der Waals surface area contributed by atoms with E-state index in [1.54, 1.807) is 22.7 Å². The van der Waals surface area contributed by atoms with Crippen molar-refractivity contribution >= 4 is 28.8 Å². The van der Waals surface area contributed by atoms with Crippen LogP contribution >= 0.6 is 22.7 Å². The van der Waals surface area contributed by atoms with Crippen LogP contribution in [0.1, 0.15) is 58.6 Å². The Labute approximate surface area is 199 Å². The Bertz CT molecular complexity index is 1000. The fourth-order valence-electron chi connectivity index (χ4n) is 4.38. The Morgan fingerprint density at radius 2 is 1.41 bits per heavy atom. The third-order valence-electron chi connectivity index (χ3n) is 5.93. The van der Waals surface area contributed by atoms with E-state index in [1.165, 1.54) is 20.9 Å². The van der Waals surface area contributed by atoms with Crippen molar-refractivity contribution in [3.63, 3.8) is 0 Å². The summed E-state index contributed by atoms with van der Waals surface area (Å²) in [6, 6.07) is 9.18. The van der Waals surface area contributed by atoms with Crippen LogP contribution in [0.3, 0.4) is 0 Å². The van der Waals surface area contributed by atoms with E-state index in [0.717, 1.165) is 50.2 Å². The van der Waals surface area contributed by atoms with Gasteiger partial charge in [0, 0.05) is 6.04 Å². The van der Waals surface area contributed by atoms with Crippen molar-refractivity contribution in [3.8, 4) is 21.1 Å². The summed E-state index contributed by atoms with van der Waals surface area (Å²) in [4.78, 5) is 18.4. The Hall–Kier alpha value is -1.89. The molecular formula is C26H34N2O2S2. The highest BCUT2D eigenvalue weighted by Crippen LogP contribution is 2.39. The standard InChI is InChI=1S/C26H34N2O2S2/c1-18(2)27-14-6-8-19-12-16-31-23(19)21-10-11-22(28(21)25(29)30-26(3,4)5)24-20(9-7-15-27)13-17-32-24/h10-13,16-18H,6-9,14-15H2,1-5H3. The number of hydrogen-bond acceptors (Lipinski definition) is 5. The van der Waals surface area contributed by atoms with Gasteiger partial charge in [-0.05, 0) is 120 Å². The third-order valence-corrected chi connectivity index (χ3v) is 7.89. The molecule has 0 unspecified atom stereocenters. The second-order valence-electron chi connectivity index (χ2n) is 9.81. The molecule has 0 saturated carbocycles. The Morgan fingerprint density at radius 3 is 1.84 bits per heavy atom. The van der Waals surface area contributed by atoms with E-state index in [-0.39, 0.29) is 6.09 Å². The van der Waals surface area contributed by atoms with E-state index in [1.807, 2.05) is 25.3 Å². The van der Waals surface area contributed by atoms with E-state index in [2.05, 4.69) is 53.8 Å². The summed E-state index contributed by atoms with van der Waals surface area (Å²) in [5.74, 6) is 0. The van der Waals surface area contributed by atoms with Crippen LogP contribution in [-0.4, -0.2) is 40.3 Å². The summed E-state index contributed by atoms with van der Waals surface area (Å²) >= 11 is 3.43. The minimum atomic E-state index is -0.548. The van der Waals surface area contributed by atoms with Gasteiger partial charge in [0.25, 0.3) is 0 Å². The van der Waals surface area contributed by atoms with Gasteiger partial charge < -0.3 is 9.64 Å². The van der Waals surface area contributed by atoms with Crippen molar-refractivity contribution in [1.82, 2.24) is 9.47 Å². The minimum absolute atomic E-state index is 0.302. The second-order valence-corrected chi connectivity index (χ2v) is 11.6. The number of hydrogen-bond donors (Lipinski definition) is 0. The predicted octanol–water partition coefficient (Wildman–Crippen LogP) is 7.32. The molecule has 3 aromatic heterocycles. The number of aromatic nitrogens is 1. The minimum Gasteiger partial charge on any atom is -0.443 e. The molecule has 1 aliphatic rings. The van der Waals surface area contributed by atoms with Crippen LogP contribution in [0, 0.1) is 0 Å². The van der Waals surface area contributed by atoms with E-state index >= 15 is 0 Å². The first-order valence-electron chi connectivity index (χ1n) is 11.6. The van der Waals surface area contributed by atoms with Crippen LogP contribution in [0.2, 0.25) is 0 Å². The summed E-state index contributed by atoms with van der Waals surface area (Å²) in [6.07, 6.45) is 3.96. The third kappa shape index (κ3) is 5.03. The zero-order chi connectivity index (χ0) is 22.9. The Kier molecular flexibility index (Phi) is 6.94. The number of fused-ring (bicyclic) bond motifs is 6. The molecule has 0 aromatic carbocycles. The summed E-state index contributed by atoms with van der Waals surface area (Å²) in [5, 5.41) is 4.29.